The van der Waals surface area contributed by atoms with E-state index < -0.39 is 29.5 Å². The van der Waals surface area contributed by atoms with Crippen LogP contribution >= 0.6 is 0 Å². The number of rotatable bonds is 3. The molecule has 0 aromatic carbocycles. The van der Waals surface area contributed by atoms with E-state index in [1.54, 1.807) is 29.4 Å². The highest BCUT2D eigenvalue weighted by Gasteiger charge is 2.67. The van der Waals surface area contributed by atoms with E-state index in [4.69, 9.17) is 9.15 Å². The zero-order valence-corrected chi connectivity index (χ0v) is 10.6. The minimum absolute atomic E-state index is 0.166. The maximum atomic E-state index is 12.5. The van der Waals surface area contributed by atoms with Gasteiger partial charge in [0.15, 0.2) is 0 Å². The number of ether oxygens (including phenoxy) is 1. The molecule has 20 heavy (non-hydrogen) atoms. The Morgan fingerprint density at radius 2 is 2.40 bits per heavy atom. The van der Waals surface area contributed by atoms with Crippen molar-refractivity contribution in [2.45, 2.75) is 18.2 Å². The zero-order valence-electron chi connectivity index (χ0n) is 10.6. The normalized spacial score (nSPS) is 37.7. The number of nitrogens with zero attached hydrogens (tertiary/aromatic N) is 1. The van der Waals surface area contributed by atoms with Gasteiger partial charge in [0.25, 0.3) is 0 Å². The van der Waals surface area contributed by atoms with Gasteiger partial charge in [-0.15, -0.1) is 0 Å². The van der Waals surface area contributed by atoms with Crippen LogP contribution in [0.25, 0.3) is 0 Å². The predicted molar refractivity (Wildman–Crippen MR) is 65.5 cm³/mol. The van der Waals surface area contributed by atoms with Gasteiger partial charge in [0.05, 0.1) is 31.4 Å². The number of carboxylic acid groups (broad SMARTS) is 1. The van der Waals surface area contributed by atoms with Crippen LogP contribution in [0.2, 0.25) is 0 Å². The van der Waals surface area contributed by atoms with Crippen LogP contribution in [-0.2, 0) is 20.9 Å². The summed E-state index contributed by atoms with van der Waals surface area (Å²) in [5.74, 6) is -1.86. The van der Waals surface area contributed by atoms with Crippen molar-refractivity contribution in [1.82, 2.24) is 4.90 Å². The second kappa shape index (κ2) is 3.73. The van der Waals surface area contributed by atoms with Gasteiger partial charge in [0.1, 0.15) is 17.3 Å². The Bertz CT molecular complexity index is 607. The molecule has 3 aliphatic heterocycles. The van der Waals surface area contributed by atoms with E-state index in [0.29, 0.717) is 18.8 Å². The van der Waals surface area contributed by atoms with Crippen LogP contribution in [0.4, 0.5) is 0 Å². The highest BCUT2D eigenvalue weighted by Crippen LogP contribution is 2.52. The number of hydrogen-bond acceptors (Lipinski definition) is 4. The molecule has 2 saturated heterocycles. The number of likely N-dealkylation sites (tertiary alicyclic amines) is 1. The molecular weight excluding hydrogens is 262 g/mol. The van der Waals surface area contributed by atoms with Gasteiger partial charge in [0, 0.05) is 0 Å². The largest absolute Gasteiger partial charge is 0.481 e. The van der Waals surface area contributed by atoms with Gasteiger partial charge in [0.2, 0.25) is 5.91 Å². The maximum absolute atomic E-state index is 12.5. The van der Waals surface area contributed by atoms with Crippen LogP contribution in [0.3, 0.4) is 0 Å². The van der Waals surface area contributed by atoms with Gasteiger partial charge < -0.3 is 19.2 Å². The maximum Gasteiger partial charge on any atom is 0.310 e. The summed E-state index contributed by atoms with van der Waals surface area (Å²) in [4.78, 5) is 25.5. The van der Waals surface area contributed by atoms with Gasteiger partial charge >= 0.3 is 5.97 Å². The predicted octanol–water partition coefficient (Wildman–Crippen LogP) is 0.646. The third kappa shape index (κ3) is 1.37. The third-order valence-electron chi connectivity index (χ3n) is 4.39. The van der Waals surface area contributed by atoms with Gasteiger partial charge in [-0.25, -0.2) is 0 Å². The Morgan fingerprint density at radius 3 is 3.10 bits per heavy atom. The van der Waals surface area contributed by atoms with Crippen molar-refractivity contribution in [3.05, 3.63) is 36.3 Å². The molecule has 4 rings (SSSR count). The van der Waals surface area contributed by atoms with E-state index in [1.165, 1.54) is 0 Å². The van der Waals surface area contributed by atoms with Crippen LogP contribution in [0.15, 0.2) is 35.0 Å². The smallest absolute Gasteiger partial charge is 0.310 e. The Balaban J connectivity index is 1.65. The lowest BCUT2D eigenvalue weighted by atomic mass is 9.77. The van der Waals surface area contributed by atoms with Crippen molar-refractivity contribution in [3.63, 3.8) is 0 Å². The number of aliphatic carboxylic acids is 1. The number of amides is 1. The standard InChI is InChI=1S/C14H13NO5/c16-12-11-10(13(17)18)9-3-4-14(11,20-9)7-15(12)6-8-2-1-5-19-8/h1-5,9-11H,6-7H2,(H,17,18)/t9-,10-,11-,14+/m0/s1. The molecule has 3 aliphatic rings. The summed E-state index contributed by atoms with van der Waals surface area (Å²) in [6, 6.07) is 3.55. The number of carbonyl (C=O) groups is 2. The van der Waals surface area contributed by atoms with E-state index in [9.17, 15) is 14.7 Å². The van der Waals surface area contributed by atoms with Crippen molar-refractivity contribution < 1.29 is 23.8 Å². The van der Waals surface area contributed by atoms with Crippen molar-refractivity contribution >= 4 is 11.9 Å². The molecule has 6 nitrogen and oxygen atoms in total. The molecule has 1 N–H and O–H groups in total. The van der Waals surface area contributed by atoms with Crippen LogP contribution in [0.1, 0.15) is 5.76 Å². The van der Waals surface area contributed by atoms with Crippen LogP contribution in [0.5, 0.6) is 0 Å². The molecule has 0 unspecified atom stereocenters. The first kappa shape index (κ1) is 11.7. The SMILES string of the molecule is O=C(O)[C@H]1[C@@H]2C=C[C@]3(CN(Cc4ccco4)C(=O)[C@H]13)O2. The van der Waals surface area contributed by atoms with Crippen molar-refractivity contribution in [2.75, 3.05) is 6.54 Å². The first-order chi connectivity index (χ1) is 9.61. The molecule has 0 aliphatic carbocycles. The Hall–Kier alpha value is -2.08. The average Bonchev–Trinajstić information content (AvgIpc) is 3.12. The minimum atomic E-state index is -0.973. The summed E-state index contributed by atoms with van der Waals surface area (Å²) in [5.41, 5.74) is -0.766. The van der Waals surface area contributed by atoms with Crippen molar-refractivity contribution in [1.29, 1.82) is 0 Å². The van der Waals surface area contributed by atoms with E-state index in [1.807, 2.05) is 6.08 Å². The summed E-state index contributed by atoms with van der Waals surface area (Å²) < 4.78 is 11.0. The van der Waals surface area contributed by atoms with E-state index in [-0.39, 0.29) is 5.91 Å². The third-order valence-corrected chi connectivity index (χ3v) is 4.39. The fraction of sp³-hybridized carbons (Fsp3) is 0.429. The molecule has 1 aromatic heterocycles. The molecular formula is C14H13NO5. The van der Waals surface area contributed by atoms with Gasteiger partial charge in [-0.3, -0.25) is 9.59 Å². The second-order valence-electron chi connectivity index (χ2n) is 5.51. The summed E-state index contributed by atoms with van der Waals surface area (Å²) in [5, 5.41) is 9.34. The minimum Gasteiger partial charge on any atom is -0.481 e. The van der Waals surface area contributed by atoms with Crippen LogP contribution in [0, 0.1) is 11.8 Å². The van der Waals surface area contributed by atoms with Gasteiger partial charge in [-0.05, 0) is 12.1 Å². The molecule has 1 spiro atoms. The summed E-state index contributed by atoms with van der Waals surface area (Å²) >= 11 is 0. The molecule has 2 bridgehead atoms. The van der Waals surface area contributed by atoms with Gasteiger partial charge in [-0.2, -0.15) is 0 Å². The molecule has 4 atom stereocenters. The second-order valence-corrected chi connectivity index (χ2v) is 5.51. The molecule has 104 valence electrons. The molecule has 2 fully saturated rings. The highest BCUT2D eigenvalue weighted by atomic mass is 16.5. The lowest BCUT2D eigenvalue weighted by Gasteiger charge is -2.21. The Morgan fingerprint density at radius 1 is 1.55 bits per heavy atom. The molecule has 0 saturated carbocycles. The molecule has 1 amide bonds. The molecule has 4 heterocycles. The van der Waals surface area contributed by atoms with Crippen molar-refractivity contribution in [2.24, 2.45) is 11.8 Å². The fourth-order valence-electron chi connectivity index (χ4n) is 3.58. The number of carbonyl (C=O) groups excluding carboxylic acids is 1. The number of furan rings is 1. The zero-order chi connectivity index (χ0) is 13.9. The number of hydrogen-bond donors (Lipinski definition) is 1. The van der Waals surface area contributed by atoms with E-state index in [0.717, 1.165) is 0 Å². The number of fused-ring (bicyclic) bond motifs is 1. The lowest BCUT2D eigenvalue weighted by Crippen LogP contribution is -2.39. The topological polar surface area (TPSA) is 80.0 Å². The summed E-state index contributed by atoms with van der Waals surface area (Å²) in [6.45, 7) is 0.728. The molecule has 0 radical (unpaired) electrons. The van der Waals surface area contributed by atoms with E-state index >= 15 is 0 Å². The first-order valence-corrected chi connectivity index (χ1v) is 6.52. The summed E-state index contributed by atoms with van der Waals surface area (Å²) in [7, 11) is 0. The Kier molecular flexibility index (Phi) is 2.18. The van der Waals surface area contributed by atoms with Crippen molar-refractivity contribution in [3.8, 4) is 0 Å². The van der Waals surface area contributed by atoms with E-state index in [2.05, 4.69) is 0 Å². The molecule has 6 heteroatoms. The van der Waals surface area contributed by atoms with Crippen LogP contribution in [-0.4, -0.2) is 40.1 Å². The first-order valence-electron chi connectivity index (χ1n) is 6.52. The summed E-state index contributed by atoms with van der Waals surface area (Å²) in [6.07, 6.45) is 4.69. The average molecular weight is 275 g/mol. The van der Waals surface area contributed by atoms with Gasteiger partial charge in [-0.1, -0.05) is 12.2 Å². The fourth-order valence-corrected chi connectivity index (χ4v) is 3.58. The highest BCUT2D eigenvalue weighted by molar-refractivity contribution is 5.90. The Labute approximate surface area is 114 Å². The molecule has 1 aromatic rings. The monoisotopic (exact) mass is 275 g/mol. The lowest BCUT2D eigenvalue weighted by molar-refractivity contribution is -0.148. The van der Waals surface area contributed by atoms with Crippen LogP contribution < -0.4 is 0 Å². The number of carboxylic acids is 1. The quantitative estimate of drug-likeness (QED) is 0.819.